The highest BCUT2D eigenvalue weighted by Crippen LogP contribution is 2.33. The Labute approximate surface area is 155 Å². The highest BCUT2D eigenvalue weighted by molar-refractivity contribution is 7.92. The highest BCUT2D eigenvalue weighted by Gasteiger charge is 2.38. The number of likely N-dealkylation sites (tertiary alicyclic amines) is 1. The Kier molecular flexibility index (Phi) is 5.28. The lowest BCUT2D eigenvalue weighted by Crippen LogP contribution is -2.43. The Balaban J connectivity index is 1.74. The number of carbonyl (C=O) groups is 1. The summed E-state index contributed by atoms with van der Waals surface area (Å²) in [5.41, 5.74) is -1.39. The number of amides is 1. The van der Waals surface area contributed by atoms with Crippen LogP contribution in [0.5, 0.6) is 0 Å². The van der Waals surface area contributed by atoms with Gasteiger partial charge in [0.1, 0.15) is 0 Å². The van der Waals surface area contributed by atoms with Crippen LogP contribution in [0.15, 0.2) is 59.5 Å². The number of benzene rings is 2. The minimum absolute atomic E-state index is 0.0990. The van der Waals surface area contributed by atoms with Gasteiger partial charge >= 0.3 is 6.18 Å². The molecule has 27 heavy (non-hydrogen) atoms. The maximum atomic E-state index is 13.1. The van der Waals surface area contributed by atoms with Gasteiger partial charge in [0.05, 0.1) is 21.3 Å². The normalized spacial score (nSPS) is 16.3. The van der Waals surface area contributed by atoms with E-state index in [4.69, 9.17) is 0 Å². The van der Waals surface area contributed by atoms with Crippen molar-refractivity contribution in [1.29, 1.82) is 0 Å². The topological polar surface area (TPSA) is 54.5 Å². The second-order valence-corrected chi connectivity index (χ2v) is 8.62. The molecule has 4 nitrogen and oxygen atoms in total. The van der Waals surface area contributed by atoms with Crippen LogP contribution in [-0.2, 0) is 16.0 Å². The molecule has 144 valence electrons. The molecule has 3 rings (SSSR count). The minimum Gasteiger partial charge on any atom is -0.339 e. The van der Waals surface area contributed by atoms with Gasteiger partial charge in [-0.1, -0.05) is 30.3 Å². The first-order valence-electron chi connectivity index (χ1n) is 8.45. The van der Waals surface area contributed by atoms with Gasteiger partial charge in [-0.05, 0) is 37.1 Å². The number of nitrogens with zero attached hydrogens (tertiary/aromatic N) is 1. The van der Waals surface area contributed by atoms with Crippen molar-refractivity contribution in [2.75, 3.05) is 13.1 Å². The van der Waals surface area contributed by atoms with Crippen LogP contribution in [0.1, 0.15) is 28.8 Å². The van der Waals surface area contributed by atoms with Crippen LogP contribution in [0.3, 0.4) is 0 Å². The summed E-state index contributed by atoms with van der Waals surface area (Å²) in [6.45, 7) is 0.198. The minimum atomic E-state index is -4.62. The van der Waals surface area contributed by atoms with E-state index in [1.54, 1.807) is 18.2 Å². The van der Waals surface area contributed by atoms with E-state index in [9.17, 15) is 26.4 Å². The smallest absolute Gasteiger partial charge is 0.339 e. The van der Waals surface area contributed by atoms with Crippen molar-refractivity contribution in [3.8, 4) is 0 Å². The molecule has 2 aromatic carbocycles. The average Bonchev–Trinajstić information content (AvgIpc) is 2.67. The first-order valence-corrected chi connectivity index (χ1v) is 10.0. The summed E-state index contributed by atoms with van der Waals surface area (Å²) in [4.78, 5) is 14.1. The lowest BCUT2D eigenvalue weighted by Gasteiger charge is -2.32. The third kappa shape index (κ3) is 4.00. The molecule has 2 aromatic rings. The van der Waals surface area contributed by atoms with Gasteiger partial charge in [-0.2, -0.15) is 13.2 Å². The number of carbonyl (C=O) groups excluding carboxylic acids is 1. The zero-order chi connectivity index (χ0) is 19.7. The molecule has 0 N–H and O–H groups in total. The fourth-order valence-corrected chi connectivity index (χ4v) is 5.01. The predicted molar refractivity (Wildman–Crippen MR) is 94.0 cm³/mol. The molecule has 0 atom stereocenters. The SMILES string of the molecule is O=C(c1ccccc1C(F)(F)F)N1CCC(S(=O)(=O)c2ccccc2)CC1. The van der Waals surface area contributed by atoms with Crippen LogP contribution in [0.2, 0.25) is 0 Å². The summed E-state index contributed by atoms with van der Waals surface area (Å²) >= 11 is 0. The van der Waals surface area contributed by atoms with E-state index in [0.29, 0.717) is 0 Å². The summed E-state index contributed by atoms with van der Waals surface area (Å²) in [7, 11) is -3.53. The molecule has 0 bridgehead atoms. The number of alkyl halides is 3. The van der Waals surface area contributed by atoms with E-state index < -0.39 is 38.3 Å². The number of rotatable bonds is 3. The largest absolute Gasteiger partial charge is 0.417 e. The third-order valence-corrected chi connectivity index (χ3v) is 6.98. The van der Waals surface area contributed by atoms with Crippen molar-refractivity contribution >= 4 is 15.7 Å². The van der Waals surface area contributed by atoms with Gasteiger partial charge in [0.15, 0.2) is 9.84 Å². The van der Waals surface area contributed by atoms with Crippen LogP contribution in [0.25, 0.3) is 0 Å². The van der Waals surface area contributed by atoms with Crippen LogP contribution < -0.4 is 0 Å². The highest BCUT2D eigenvalue weighted by atomic mass is 32.2. The van der Waals surface area contributed by atoms with Gasteiger partial charge in [0.2, 0.25) is 0 Å². The van der Waals surface area contributed by atoms with Crippen molar-refractivity contribution in [2.24, 2.45) is 0 Å². The van der Waals surface area contributed by atoms with E-state index in [-0.39, 0.29) is 30.8 Å². The molecule has 1 fully saturated rings. The molecule has 0 saturated carbocycles. The molecule has 0 unspecified atom stereocenters. The Morgan fingerprint density at radius 2 is 1.48 bits per heavy atom. The molecule has 1 heterocycles. The van der Waals surface area contributed by atoms with E-state index in [1.165, 1.54) is 29.2 Å². The van der Waals surface area contributed by atoms with Crippen molar-refractivity contribution < 1.29 is 26.4 Å². The fraction of sp³-hybridized carbons (Fsp3) is 0.316. The predicted octanol–water partition coefficient (Wildman–Crippen LogP) is 3.78. The Hall–Kier alpha value is -2.35. The molecule has 1 amide bonds. The number of hydrogen-bond acceptors (Lipinski definition) is 3. The second kappa shape index (κ2) is 7.34. The molecule has 1 saturated heterocycles. The fourth-order valence-electron chi connectivity index (χ4n) is 3.26. The molecule has 1 aliphatic heterocycles. The van der Waals surface area contributed by atoms with Crippen LogP contribution in [0, 0.1) is 0 Å². The number of sulfone groups is 1. The van der Waals surface area contributed by atoms with Crippen molar-refractivity contribution in [3.05, 3.63) is 65.7 Å². The Morgan fingerprint density at radius 3 is 2.07 bits per heavy atom. The number of hydrogen-bond donors (Lipinski definition) is 0. The summed E-state index contributed by atoms with van der Waals surface area (Å²) in [6, 6.07) is 12.7. The molecule has 0 radical (unpaired) electrons. The molecule has 0 spiro atoms. The van der Waals surface area contributed by atoms with Crippen LogP contribution >= 0.6 is 0 Å². The Morgan fingerprint density at radius 1 is 0.926 bits per heavy atom. The van der Waals surface area contributed by atoms with Gasteiger partial charge in [-0.3, -0.25) is 4.79 Å². The lowest BCUT2D eigenvalue weighted by atomic mass is 10.0. The number of piperidine rings is 1. The van der Waals surface area contributed by atoms with Gasteiger partial charge in [-0.15, -0.1) is 0 Å². The monoisotopic (exact) mass is 397 g/mol. The van der Waals surface area contributed by atoms with Gasteiger partial charge in [0, 0.05) is 13.1 Å². The first-order chi connectivity index (χ1) is 12.7. The van der Waals surface area contributed by atoms with Crippen molar-refractivity contribution in [1.82, 2.24) is 4.90 Å². The summed E-state index contributed by atoms with van der Waals surface area (Å²) in [5.74, 6) is -0.724. The lowest BCUT2D eigenvalue weighted by molar-refractivity contribution is -0.138. The zero-order valence-electron chi connectivity index (χ0n) is 14.3. The summed E-state index contributed by atoms with van der Waals surface area (Å²) in [5, 5.41) is -0.651. The van der Waals surface area contributed by atoms with E-state index >= 15 is 0 Å². The maximum absolute atomic E-state index is 13.1. The Bertz CT molecular complexity index is 919. The standard InChI is InChI=1S/C19H18F3NO3S/c20-19(21,22)17-9-5-4-8-16(17)18(24)23-12-10-15(11-13-23)27(25,26)14-6-2-1-3-7-14/h1-9,15H,10-13H2. The van der Waals surface area contributed by atoms with Crippen molar-refractivity contribution in [3.63, 3.8) is 0 Å². The molecule has 0 aromatic heterocycles. The van der Waals surface area contributed by atoms with Crippen LogP contribution in [-0.4, -0.2) is 37.6 Å². The molecule has 1 aliphatic rings. The molecule has 0 aliphatic carbocycles. The molecule has 8 heteroatoms. The quantitative estimate of drug-likeness (QED) is 0.792. The van der Waals surface area contributed by atoms with Gasteiger partial charge in [0.25, 0.3) is 5.91 Å². The average molecular weight is 397 g/mol. The van der Waals surface area contributed by atoms with Gasteiger partial charge in [-0.25, -0.2) is 8.42 Å². The number of halogens is 3. The third-order valence-electron chi connectivity index (χ3n) is 4.70. The van der Waals surface area contributed by atoms with E-state index in [1.807, 2.05) is 0 Å². The second-order valence-electron chi connectivity index (χ2n) is 6.39. The molecular weight excluding hydrogens is 379 g/mol. The summed E-state index contributed by atoms with van der Waals surface area (Å²) < 4.78 is 64.7. The molecular formula is C19H18F3NO3S. The zero-order valence-corrected chi connectivity index (χ0v) is 15.1. The van der Waals surface area contributed by atoms with Crippen LogP contribution in [0.4, 0.5) is 13.2 Å². The van der Waals surface area contributed by atoms with Gasteiger partial charge < -0.3 is 4.90 Å². The first kappa shape index (κ1) is 19.4. The van der Waals surface area contributed by atoms with E-state index in [2.05, 4.69) is 0 Å². The summed E-state index contributed by atoms with van der Waals surface area (Å²) in [6.07, 6.45) is -4.24. The van der Waals surface area contributed by atoms with E-state index in [0.717, 1.165) is 12.1 Å². The van der Waals surface area contributed by atoms with Crippen molar-refractivity contribution in [2.45, 2.75) is 29.2 Å². The maximum Gasteiger partial charge on any atom is 0.417 e.